The lowest BCUT2D eigenvalue weighted by molar-refractivity contribution is -0.122. The molecule has 4 rings (SSSR count). The number of hydrogen-bond acceptors (Lipinski definition) is 3. The molecule has 156 valence electrons. The Labute approximate surface area is 184 Å². The van der Waals surface area contributed by atoms with E-state index in [-0.39, 0.29) is 10.7 Å². The van der Waals surface area contributed by atoms with Crippen molar-refractivity contribution in [1.82, 2.24) is 9.88 Å². The van der Waals surface area contributed by atoms with Crippen molar-refractivity contribution in [2.24, 2.45) is 0 Å². The van der Waals surface area contributed by atoms with Crippen LogP contribution in [0.2, 0.25) is 0 Å². The van der Waals surface area contributed by atoms with Crippen LogP contribution in [-0.4, -0.2) is 21.5 Å². The Kier molecular flexibility index (Phi) is 5.52. The van der Waals surface area contributed by atoms with Crippen LogP contribution in [0, 0.1) is 19.7 Å². The SMILES string of the molecule is Cc1cc(/C=C2/C(=O)NC(=S)N(c3ccc(F)cc3)C2=O)c(C)n1Cc1ccccc1. The lowest BCUT2D eigenvalue weighted by Gasteiger charge is -2.28. The molecule has 1 aliphatic heterocycles. The molecule has 0 spiro atoms. The van der Waals surface area contributed by atoms with Crippen LogP contribution in [0.1, 0.15) is 22.5 Å². The van der Waals surface area contributed by atoms with E-state index in [0.717, 1.165) is 22.5 Å². The molecule has 7 heteroatoms. The Bertz CT molecular complexity index is 1210. The number of amides is 2. The van der Waals surface area contributed by atoms with Crippen LogP contribution in [0.4, 0.5) is 10.1 Å². The Hall–Kier alpha value is -3.58. The van der Waals surface area contributed by atoms with Crippen molar-refractivity contribution in [2.45, 2.75) is 20.4 Å². The number of halogens is 1. The van der Waals surface area contributed by atoms with E-state index in [1.165, 1.54) is 29.2 Å². The molecule has 2 aromatic carbocycles. The van der Waals surface area contributed by atoms with Crippen molar-refractivity contribution in [3.05, 3.63) is 94.6 Å². The van der Waals surface area contributed by atoms with Crippen molar-refractivity contribution >= 4 is 40.9 Å². The molecule has 1 aliphatic rings. The molecular formula is C24H20FN3O2S. The second kappa shape index (κ2) is 8.28. The van der Waals surface area contributed by atoms with Gasteiger partial charge in [-0.1, -0.05) is 30.3 Å². The third-order valence-electron chi connectivity index (χ3n) is 5.28. The first-order valence-corrected chi connectivity index (χ1v) is 10.1. The van der Waals surface area contributed by atoms with Crippen LogP contribution >= 0.6 is 12.2 Å². The Morgan fingerprint density at radius 2 is 1.71 bits per heavy atom. The summed E-state index contributed by atoms with van der Waals surface area (Å²) in [5.74, 6) is -1.53. The fraction of sp³-hybridized carbons (Fsp3) is 0.125. The average Bonchev–Trinajstić information content (AvgIpc) is 3.00. The van der Waals surface area contributed by atoms with E-state index in [4.69, 9.17) is 12.2 Å². The van der Waals surface area contributed by atoms with Crippen molar-refractivity contribution in [1.29, 1.82) is 0 Å². The number of nitrogens with zero attached hydrogens (tertiary/aromatic N) is 2. The zero-order chi connectivity index (χ0) is 22.1. The molecule has 31 heavy (non-hydrogen) atoms. The largest absolute Gasteiger partial charge is 0.344 e. The highest BCUT2D eigenvalue weighted by Crippen LogP contribution is 2.25. The molecule has 1 fully saturated rings. The van der Waals surface area contributed by atoms with E-state index in [2.05, 4.69) is 22.0 Å². The van der Waals surface area contributed by atoms with E-state index in [1.54, 1.807) is 6.08 Å². The van der Waals surface area contributed by atoms with Crippen LogP contribution in [0.5, 0.6) is 0 Å². The summed E-state index contributed by atoms with van der Waals surface area (Å²) in [5, 5.41) is 2.52. The lowest BCUT2D eigenvalue weighted by Crippen LogP contribution is -2.54. The second-order valence-electron chi connectivity index (χ2n) is 7.33. The first-order valence-electron chi connectivity index (χ1n) is 9.73. The van der Waals surface area contributed by atoms with Crippen LogP contribution in [0.3, 0.4) is 0 Å². The number of thiocarbonyl (C=S) groups is 1. The van der Waals surface area contributed by atoms with Gasteiger partial charge in [0.1, 0.15) is 11.4 Å². The van der Waals surface area contributed by atoms with Gasteiger partial charge in [-0.3, -0.25) is 19.8 Å². The summed E-state index contributed by atoms with van der Waals surface area (Å²) >= 11 is 5.19. The lowest BCUT2D eigenvalue weighted by atomic mass is 10.1. The van der Waals surface area contributed by atoms with Crippen molar-refractivity contribution < 1.29 is 14.0 Å². The number of aromatic nitrogens is 1. The molecule has 1 saturated heterocycles. The molecule has 0 atom stereocenters. The summed E-state index contributed by atoms with van der Waals surface area (Å²) in [5.41, 5.74) is 4.25. The molecule has 0 unspecified atom stereocenters. The summed E-state index contributed by atoms with van der Waals surface area (Å²) in [4.78, 5) is 26.9. The van der Waals surface area contributed by atoms with Crippen LogP contribution in [0.25, 0.3) is 6.08 Å². The smallest absolute Gasteiger partial charge is 0.270 e. The van der Waals surface area contributed by atoms with Crippen LogP contribution in [-0.2, 0) is 16.1 Å². The highest BCUT2D eigenvalue weighted by Gasteiger charge is 2.34. The highest BCUT2D eigenvalue weighted by molar-refractivity contribution is 7.80. The topological polar surface area (TPSA) is 54.3 Å². The van der Waals surface area contributed by atoms with Gasteiger partial charge in [-0.15, -0.1) is 0 Å². The third kappa shape index (κ3) is 4.04. The molecule has 5 nitrogen and oxygen atoms in total. The molecule has 0 bridgehead atoms. The number of nitrogens with one attached hydrogen (secondary N) is 1. The maximum absolute atomic E-state index is 13.3. The molecule has 2 amide bonds. The number of aryl methyl sites for hydroxylation is 1. The van der Waals surface area contributed by atoms with Gasteiger partial charge in [0, 0.05) is 17.9 Å². The number of hydrogen-bond donors (Lipinski definition) is 1. The zero-order valence-corrected chi connectivity index (χ0v) is 17.9. The minimum atomic E-state index is -0.554. The summed E-state index contributed by atoms with van der Waals surface area (Å²) in [6.45, 7) is 4.63. The molecule has 0 saturated carbocycles. The number of rotatable bonds is 4. The summed E-state index contributed by atoms with van der Waals surface area (Å²) < 4.78 is 15.4. The number of benzene rings is 2. The fourth-order valence-electron chi connectivity index (χ4n) is 3.62. The monoisotopic (exact) mass is 433 g/mol. The van der Waals surface area contributed by atoms with E-state index in [1.807, 2.05) is 38.1 Å². The maximum Gasteiger partial charge on any atom is 0.270 e. The molecule has 1 aromatic heterocycles. The normalized spacial score (nSPS) is 15.5. The molecule has 3 aromatic rings. The van der Waals surface area contributed by atoms with E-state index < -0.39 is 17.6 Å². The summed E-state index contributed by atoms with van der Waals surface area (Å²) in [7, 11) is 0. The quantitative estimate of drug-likeness (QED) is 0.383. The summed E-state index contributed by atoms with van der Waals surface area (Å²) in [6, 6.07) is 17.4. The second-order valence-corrected chi connectivity index (χ2v) is 7.72. The van der Waals surface area contributed by atoms with Gasteiger partial charge < -0.3 is 4.57 Å². The van der Waals surface area contributed by atoms with Crippen molar-refractivity contribution in [3.63, 3.8) is 0 Å². The Morgan fingerprint density at radius 1 is 1.03 bits per heavy atom. The minimum Gasteiger partial charge on any atom is -0.344 e. The third-order valence-corrected chi connectivity index (χ3v) is 5.57. The Morgan fingerprint density at radius 3 is 2.39 bits per heavy atom. The van der Waals surface area contributed by atoms with Crippen LogP contribution in [0.15, 0.2) is 66.2 Å². The molecule has 0 radical (unpaired) electrons. The highest BCUT2D eigenvalue weighted by atomic mass is 32.1. The van der Waals surface area contributed by atoms with Gasteiger partial charge in [0.2, 0.25) is 0 Å². The van der Waals surface area contributed by atoms with E-state index in [0.29, 0.717) is 12.2 Å². The van der Waals surface area contributed by atoms with Gasteiger partial charge in [-0.05, 0) is 73.6 Å². The van der Waals surface area contributed by atoms with Crippen molar-refractivity contribution in [2.75, 3.05) is 4.90 Å². The predicted octanol–water partition coefficient (Wildman–Crippen LogP) is 4.12. The maximum atomic E-state index is 13.3. The number of anilines is 1. The molecule has 2 heterocycles. The number of carbonyl (C=O) groups excluding carboxylic acids is 2. The molecular weight excluding hydrogens is 413 g/mol. The fourth-order valence-corrected chi connectivity index (χ4v) is 3.90. The van der Waals surface area contributed by atoms with Gasteiger partial charge >= 0.3 is 0 Å². The first kappa shape index (κ1) is 20.7. The zero-order valence-electron chi connectivity index (χ0n) is 17.1. The van der Waals surface area contributed by atoms with E-state index in [9.17, 15) is 14.0 Å². The van der Waals surface area contributed by atoms with Gasteiger partial charge in [-0.25, -0.2) is 4.39 Å². The van der Waals surface area contributed by atoms with Gasteiger partial charge in [0.25, 0.3) is 11.8 Å². The summed E-state index contributed by atoms with van der Waals surface area (Å²) in [6.07, 6.45) is 1.58. The van der Waals surface area contributed by atoms with Crippen LogP contribution < -0.4 is 10.2 Å². The van der Waals surface area contributed by atoms with Gasteiger partial charge in [-0.2, -0.15) is 0 Å². The minimum absolute atomic E-state index is 0.0297. The number of carbonyl (C=O) groups is 2. The van der Waals surface area contributed by atoms with Crippen molar-refractivity contribution in [3.8, 4) is 0 Å². The molecule has 0 aliphatic carbocycles. The standard InChI is InChI=1S/C24H20FN3O2S/c1-15-12-18(16(2)27(15)14-17-6-4-3-5-7-17)13-21-22(29)26-24(31)28(23(21)30)20-10-8-19(25)9-11-20/h3-13H,14H2,1-2H3,(H,26,29,31)/b21-13-. The predicted molar refractivity (Wildman–Crippen MR) is 122 cm³/mol. The Balaban J connectivity index is 1.69. The molecule has 1 N–H and O–H groups in total. The average molecular weight is 434 g/mol. The van der Waals surface area contributed by atoms with E-state index >= 15 is 0 Å². The first-order chi connectivity index (χ1) is 14.8. The van der Waals surface area contributed by atoms with Gasteiger partial charge in [0.05, 0.1) is 5.69 Å². The van der Waals surface area contributed by atoms with Gasteiger partial charge in [0.15, 0.2) is 5.11 Å².